The van der Waals surface area contributed by atoms with Gasteiger partial charge in [-0.25, -0.2) is 0 Å². The molecule has 1 fully saturated rings. The minimum atomic E-state index is 0.118. The van der Waals surface area contributed by atoms with Gasteiger partial charge in [-0.05, 0) is 12.8 Å². The summed E-state index contributed by atoms with van der Waals surface area (Å²) in [5, 5.41) is 2.99. The number of carbonyl (C=O) groups is 1. The summed E-state index contributed by atoms with van der Waals surface area (Å²) in [6.45, 7) is 0.395. The van der Waals surface area contributed by atoms with E-state index in [-0.39, 0.29) is 11.8 Å². The van der Waals surface area contributed by atoms with Gasteiger partial charge in [0.1, 0.15) is 17.2 Å². The molecule has 1 aromatic carbocycles. The van der Waals surface area contributed by atoms with Gasteiger partial charge >= 0.3 is 0 Å². The Morgan fingerprint density at radius 1 is 1.10 bits per heavy atom. The van der Waals surface area contributed by atoms with E-state index < -0.39 is 0 Å². The third-order valence-corrected chi connectivity index (χ3v) is 3.98. The van der Waals surface area contributed by atoms with Crippen LogP contribution in [0.2, 0.25) is 0 Å². The van der Waals surface area contributed by atoms with Crippen LogP contribution in [0.15, 0.2) is 12.1 Å². The molecule has 1 N–H and O–H groups in total. The van der Waals surface area contributed by atoms with Crippen molar-refractivity contribution in [3.8, 4) is 17.2 Å². The predicted molar refractivity (Wildman–Crippen MR) is 79.9 cm³/mol. The van der Waals surface area contributed by atoms with Crippen LogP contribution >= 0.6 is 0 Å². The summed E-state index contributed by atoms with van der Waals surface area (Å²) in [7, 11) is 4.78. The smallest absolute Gasteiger partial charge is 0.223 e. The largest absolute Gasteiger partial charge is 0.496 e. The van der Waals surface area contributed by atoms with Crippen molar-refractivity contribution in [1.82, 2.24) is 5.32 Å². The molecule has 0 heterocycles. The van der Waals surface area contributed by atoms with Crippen LogP contribution in [-0.4, -0.2) is 27.2 Å². The maximum atomic E-state index is 12.1. The zero-order valence-corrected chi connectivity index (χ0v) is 12.9. The van der Waals surface area contributed by atoms with Crippen LogP contribution in [0, 0.1) is 5.92 Å². The Morgan fingerprint density at radius 2 is 1.67 bits per heavy atom. The lowest BCUT2D eigenvalue weighted by Gasteiger charge is -2.16. The van der Waals surface area contributed by atoms with Gasteiger partial charge in [0.15, 0.2) is 0 Å². The van der Waals surface area contributed by atoms with Gasteiger partial charge in [-0.1, -0.05) is 12.8 Å². The Hall–Kier alpha value is -1.91. The molecule has 0 radical (unpaired) electrons. The molecule has 2 rings (SSSR count). The van der Waals surface area contributed by atoms with Gasteiger partial charge in [-0.3, -0.25) is 4.79 Å². The molecule has 5 nitrogen and oxygen atoms in total. The van der Waals surface area contributed by atoms with Gasteiger partial charge in [-0.15, -0.1) is 0 Å². The zero-order valence-electron chi connectivity index (χ0n) is 12.9. The molecule has 0 unspecified atom stereocenters. The van der Waals surface area contributed by atoms with Crippen LogP contribution in [0.25, 0.3) is 0 Å². The number of nitrogens with one attached hydrogen (secondary N) is 1. The fourth-order valence-electron chi connectivity index (χ4n) is 2.76. The number of benzene rings is 1. The summed E-state index contributed by atoms with van der Waals surface area (Å²) in [5.41, 5.74) is 0.826. The molecule has 1 saturated carbocycles. The molecule has 0 spiro atoms. The lowest BCUT2D eigenvalue weighted by atomic mass is 10.1. The monoisotopic (exact) mass is 293 g/mol. The van der Waals surface area contributed by atoms with Crippen molar-refractivity contribution in [2.24, 2.45) is 5.92 Å². The van der Waals surface area contributed by atoms with E-state index in [4.69, 9.17) is 14.2 Å². The van der Waals surface area contributed by atoms with Gasteiger partial charge < -0.3 is 19.5 Å². The molecule has 1 aliphatic rings. The first kappa shape index (κ1) is 15.5. The highest BCUT2D eigenvalue weighted by Gasteiger charge is 2.23. The Balaban J connectivity index is 2.12. The SMILES string of the molecule is COc1cc(OC)c(CNC(=O)C2CCCC2)c(OC)c1. The van der Waals surface area contributed by atoms with Gasteiger partial charge in [-0.2, -0.15) is 0 Å². The van der Waals surface area contributed by atoms with E-state index in [0.717, 1.165) is 31.2 Å². The lowest BCUT2D eigenvalue weighted by Crippen LogP contribution is -2.29. The van der Waals surface area contributed by atoms with Gasteiger partial charge in [0.05, 0.1) is 33.4 Å². The van der Waals surface area contributed by atoms with Gasteiger partial charge in [0, 0.05) is 18.1 Å². The molecule has 1 amide bonds. The van der Waals surface area contributed by atoms with E-state index in [0.29, 0.717) is 23.8 Å². The molecule has 0 saturated heterocycles. The average molecular weight is 293 g/mol. The topological polar surface area (TPSA) is 56.8 Å². The molecule has 116 valence electrons. The molecule has 21 heavy (non-hydrogen) atoms. The highest BCUT2D eigenvalue weighted by Crippen LogP contribution is 2.34. The van der Waals surface area contributed by atoms with E-state index in [1.54, 1.807) is 33.5 Å². The van der Waals surface area contributed by atoms with E-state index in [1.165, 1.54) is 0 Å². The number of methoxy groups -OCH3 is 3. The molecule has 1 aliphatic carbocycles. The third-order valence-electron chi connectivity index (χ3n) is 3.98. The van der Waals surface area contributed by atoms with Crippen molar-refractivity contribution in [2.75, 3.05) is 21.3 Å². The third kappa shape index (κ3) is 3.60. The van der Waals surface area contributed by atoms with Crippen LogP contribution in [0.3, 0.4) is 0 Å². The van der Waals surface area contributed by atoms with Crippen molar-refractivity contribution in [2.45, 2.75) is 32.2 Å². The lowest BCUT2D eigenvalue weighted by molar-refractivity contribution is -0.124. The summed E-state index contributed by atoms with van der Waals surface area (Å²) in [5.74, 6) is 2.23. The highest BCUT2D eigenvalue weighted by atomic mass is 16.5. The summed E-state index contributed by atoms with van der Waals surface area (Å²) in [6, 6.07) is 3.58. The number of ether oxygens (including phenoxy) is 3. The van der Waals surface area contributed by atoms with Crippen molar-refractivity contribution < 1.29 is 19.0 Å². The summed E-state index contributed by atoms with van der Waals surface area (Å²) < 4.78 is 16.0. The van der Waals surface area contributed by atoms with Crippen LogP contribution in [-0.2, 0) is 11.3 Å². The fourth-order valence-corrected chi connectivity index (χ4v) is 2.76. The molecule has 5 heteroatoms. The first-order valence-corrected chi connectivity index (χ1v) is 7.26. The van der Waals surface area contributed by atoms with Crippen LogP contribution in [0.1, 0.15) is 31.2 Å². The molecule has 0 aliphatic heterocycles. The minimum Gasteiger partial charge on any atom is -0.496 e. The predicted octanol–water partition coefficient (Wildman–Crippen LogP) is 2.52. The Labute approximate surface area is 125 Å². The van der Waals surface area contributed by atoms with E-state index in [2.05, 4.69) is 5.32 Å². The zero-order chi connectivity index (χ0) is 15.2. The van der Waals surface area contributed by atoms with Crippen molar-refractivity contribution >= 4 is 5.91 Å². The van der Waals surface area contributed by atoms with Crippen molar-refractivity contribution in [3.05, 3.63) is 17.7 Å². The van der Waals surface area contributed by atoms with E-state index in [9.17, 15) is 4.79 Å². The number of hydrogen-bond acceptors (Lipinski definition) is 4. The molecule has 0 bridgehead atoms. The van der Waals surface area contributed by atoms with Gasteiger partial charge in [0.25, 0.3) is 0 Å². The second kappa shape index (κ2) is 7.20. The molecule has 1 aromatic rings. The van der Waals surface area contributed by atoms with Gasteiger partial charge in [0.2, 0.25) is 5.91 Å². The van der Waals surface area contributed by atoms with Crippen molar-refractivity contribution in [1.29, 1.82) is 0 Å². The molecule has 0 aromatic heterocycles. The normalized spacial score (nSPS) is 14.8. The van der Waals surface area contributed by atoms with E-state index >= 15 is 0 Å². The minimum absolute atomic E-state index is 0.118. The Kier molecular flexibility index (Phi) is 5.31. The number of carbonyl (C=O) groups excluding carboxylic acids is 1. The summed E-state index contributed by atoms with van der Waals surface area (Å²) in [6.07, 6.45) is 4.27. The summed E-state index contributed by atoms with van der Waals surface area (Å²) in [4.78, 5) is 12.1. The van der Waals surface area contributed by atoms with Crippen LogP contribution in [0.5, 0.6) is 17.2 Å². The van der Waals surface area contributed by atoms with Crippen molar-refractivity contribution in [3.63, 3.8) is 0 Å². The standard InChI is InChI=1S/C16H23NO4/c1-19-12-8-14(20-2)13(15(9-12)21-3)10-17-16(18)11-6-4-5-7-11/h8-9,11H,4-7,10H2,1-3H3,(H,17,18). The number of amides is 1. The van der Waals surface area contributed by atoms with E-state index in [1.807, 2.05) is 0 Å². The maximum absolute atomic E-state index is 12.1. The maximum Gasteiger partial charge on any atom is 0.223 e. The molecular weight excluding hydrogens is 270 g/mol. The summed E-state index contributed by atoms with van der Waals surface area (Å²) >= 11 is 0. The first-order chi connectivity index (χ1) is 10.2. The first-order valence-electron chi connectivity index (χ1n) is 7.26. The fraction of sp³-hybridized carbons (Fsp3) is 0.562. The van der Waals surface area contributed by atoms with Crippen LogP contribution < -0.4 is 19.5 Å². The number of rotatable bonds is 6. The average Bonchev–Trinajstić information content (AvgIpc) is 3.06. The quantitative estimate of drug-likeness (QED) is 0.875. The van der Waals surface area contributed by atoms with Crippen LogP contribution in [0.4, 0.5) is 0 Å². The second-order valence-electron chi connectivity index (χ2n) is 5.21. The Bertz CT molecular complexity index is 470. The Morgan fingerprint density at radius 3 is 2.14 bits per heavy atom. The number of hydrogen-bond donors (Lipinski definition) is 1. The molecular formula is C16H23NO4. The second-order valence-corrected chi connectivity index (χ2v) is 5.21. The molecule has 0 atom stereocenters. The highest BCUT2D eigenvalue weighted by molar-refractivity contribution is 5.79.